The highest BCUT2D eigenvalue weighted by molar-refractivity contribution is 5.84. The van der Waals surface area contributed by atoms with Crippen LogP contribution in [0.15, 0.2) is 0 Å². The van der Waals surface area contributed by atoms with Gasteiger partial charge >= 0.3 is 12.0 Å². The largest absolute Gasteiger partial charge is 0.467 e. The molecule has 0 aromatic rings. The number of carbonyl (C=O) groups excluding carboxylic acids is 3. The quantitative estimate of drug-likeness (QED) is 0.721. The lowest BCUT2D eigenvalue weighted by Gasteiger charge is -2.32. The Morgan fingerprint density at radius 2 is 1.90 bits per heavy atom. The van der Waals surface area contributed by atoms with E-state index in [2.05, 4.69) is 5.32 Å². The molecular weight excluding hydrogens is 274 g/mol. The number of piperidine rings is 1. The molecule has 0 aromatic carbocycles. The summed E-state index contributed by atoms with van der Waals surface area (Å²) in [6.45, 7) is 4.77. The van der Waals surface area contributed by atoms with Gasteiger partial charge in [0.25, 0.3) is 0 Å². The molecule has 1 fully saturated rings. The summed E-state index contributed by atoms with van der Waals surface area (Å²) in [6, 6.07) is -0.949. The molecule has 7 heteroatoms. The van der Waals surface area contributed by atoms with E-state index in [0.29, 0.717) is 25.9 Å². The van der Waals surface area contributed by atoms with Crippen LogP contribution in [0.4, 0.5) is 4.79 Å². The van der Waals surface area contributed by atoms with Crippen molar-refractivity contribution in [3.8, 4) is 0 Å². The van der Waals surface area contributed by atoms with Crippen molar-refractivity contribution in [1.29, 1.82) is 0 Å². The number of nitrogens with zero attached hydrogens (tertiary/aromatic N) is 1. The van der Waals surface area contributed by atoms with E-state index < -0.39 is 12.0 Å². The van der Waals surface area contributed by atoms with E-state index >= 15 is 0 Å². The topological polar surface area (TPSA) is 102 Å². The van der Waals surface area contributed by atoms with E-state index in [0.717, 1.165) is 6.42 Å². The van der Waals surface area contributed by atoms with Crippen molar-refractivity contribution < 1.29 is 19.1 Å². The molecule has 0 aromatic heterocycles. The average Bonchev–Trinajstić information content (AvgIpc) is 2.50. The summed E-state index contributed by atoms with van der Waals surface area (Å²) in [5, 5.41) is 2.73. The maximum atomic E-state index is 12.2. The molecule has 21 heavy (non-hydrogen) atoms. The fourth-order valence-corrected chi connectivity index (χ4v) is 2.39. The van der Waals surface area contributed by atoms with Crippen LogP contribution < -0.4 is 11.1 Å². The summed E-state index contributed by atoms with van der Waals surface area (Å²) in [5.74, 6) is -0.934. The number of amides is 3. The third-order valence-electron chi connectivity index (χ3n) is 4.13. The summed E-state index contributed by atoms with van der Waals surface area (Å²) in [5.41, 5.74) is 5.27. The van der Waals surface area contributed by atoms with Gasteiger partial charge in [-0.2, -0.15) is 0 Å². The number of primary amides is 1. The van der Waals surface area contributed by atoms with Gasteiger partial charge in [0.05, 0.1) is 7.11 Å². The Hall–Kier alpha value is -1.79. The zero-order chi connectivity index (χ0) is 16.0. The molecule has 0 aliphatic carbocycles. The normalized spacial score (nSPS) is 18.7. The molecule has 3 N–H and O–H groups in total. The summed E-state index contributed by atoms with van der Waals surface area (Å²) in [6.07, 6.45) is 1.88. The molecule has 3 amide bonds. The number of urea groups is 1. The van der Waals surface area contributed by atoms with Crippen LogP contribution in [-0.2, 0) is 14.3 Å². The number of ether oxygens (including phenoxy) is 1. The highest BCUT2D eigenvalue weighted by atomic mass is 16.5. The minimum Gasteiger partial charge on any atom is -0.467 e. The van der Waals surface area contributed by atoms with Crippen molar-refractivity contribution in [2.75, 3.05) is 20.2 Å². The van der Waals surface area contributed by atoms with Gasteiger partial charge in [0, 0.05) is 19.0 Å². The first-order valence-electron chi connectivity index (χ1n) is 7.33. The maximum absolute atomic E-state index is 12.2. The van der Waals surface area contributed by atoms with Crippen LogP contribution in [0.1, 0.15) is 33.1 Å². The van der Waals surface area contributed by atoms with E-state index in [1.807, 2.05) is 13.8 Å². The number of hydrogen-bond donors (Lipinski definition) is 2. The second kappa shape index (κ2) is 7.85. The van der Waals surface area contributed by atoms with Crippen LogP contribution in [0.3, 0.4) is 0 Å². The Bertz CT molecular complexity index is 392. The molecule has 0 saturated carbocycles. The van der Waals surface area contributed by atoms with Crippen LogP contribution in [0.5, 0.6) is 0 Å². The van der Waals surface area contributed by atoms with Gasteiger partial charge < -0.3 is 20.7 Å². The first-order chi connectivity index (χ1) is 9.90. The smallest absolute Gasteiger partial charge is 0.328 e. The molecule has 2 atom stereocenters. The second-order valence-corrected chi connectivity index (χ2v) is 5.50. The Balaban J connectivity index is 2.58. The van der Waals surface area contributed by atoms with Gasteiger partial charge in [-0.3, -0.25) is 4.79 Å². The monoisotopic (exact) mass is 299 g/mol. The molecule has 1 aliphatic heterocycles. The molecule has 1 aliphatic rings. The van der Waals surface area contributed by atoms with E-state index in [-0.39, 0.29) is 23.8 Å². The fourth-order valence-electron chi connectivity index (χ4n) is 2.39. The van der Waals surface area contributed by atoms with E-state index in [4.69, 9.17) is 10.5 Å². The Morgan fingerprint density at radius 3 is 2.33 bits per heavy atom. The van der Waals surface area contributed by atoms with Crippen LogP contribution in [0.2, 0.25) is 0 Å². The van der Waals surface area contributed by atoms with Gasteiger partial charge in [0.2, 0.25) is 5.91 Å². The minimum atomic E-state index is -0.652. The van der Waals surface area contributed by atoms with Gasteiger partial charge in [-0.05, 0) is 18.8 Å². The summed E-state index contributed by atoms with van der Waals surface area (Å²) >= 11 is 0. The summed E-state index contributed by atoms with van der Waals surface area (Å²) in [4.78, 5) is 36.7. The number of nitrogens with two attached hydrogens (primary N) is 1. The van der Waals surface area contributed by atoms with Crippen LogP contribution in [0.25, 0.3) is 0 Å². The highest BCUT2D eigenvalue weighted by Crippen LogP contribution is 2.17. The zero-order valence-corrected chi connectivity index (χ0v) is 12.9. The predicted octanol–water partition coefficient (Wildman–Crippen LogP) is 0.481. The number of rotatable bonds is 5. The number of likely N-dealkylation sites (tertiary alicyclic amines) is 1. The third-order valence-corrected chi connectivity index (χ3v) is 4.13. The number of carbonyl (C=O) groups is 3. The van der Waals surface area contributed by atoms with Crippen molar-refractivity contribution in [3.05, 3.63) is 0 Å². The van der Waals surface area contributed by atoms with E-state index in [9.17, 15) is 14.4 Å². The molecule has 1 heterocycles. The molecular formula is C14H25N3O4. The molecule has 0 bridgehead atoms. The van der Waals surface area contributed by atoms with Crippen molar-refractivity contribution in [2.45, 2.75) is 39.2 Å². The Labute approximate surface area is 125 Å². The number of esters is 1. The molecule has 0 radical (unpaired) electrons. The second-order valence-electron chi connectivity index (χ2n) is 5.50. The first kappa shape index (κ1) is 17.3. The zero-order valence-electron chi connectivity index (χ0n) is 12.9. The molecule has 0 spiro atoms. The average molecular weight is 299 g/mol. The number of hydrogen-bond acceptors (Lipinski definition) is 4. The molecule has 1 rings (SSSR count). The van der Waals surface area contributed by atoms with E-state index in [1.54, 1.807) is 4.90 Å². The Morgan fingerprint density at radius 1 is 1.33 bits per heavy atom. The maximum Gasteiger partial charge on any atom is 0.328 e. The molecule has 7 nitrogen and oxygen atoms in total. The molecule has 1 saturated heterocycles. The van der Waals surface area contributed by atoms with Gasteiger partial charge in [-0.1, -0.05) is 20.3 Å². The number of nitrogens with one attached hydrogen (secondary N) is 1. The molecule has 0 unspecified atom stereocenters. The van der Waals surface area contributed by atoms with Crippen LogP contribution in [0, 0.1) is 11.8 Å². The third kappa shape index (κ3) is 4.61. The standard InChI is InChI=1S/C14H25N3O4/c1-4-9(2)11(13(19)21-3)16-14(20)17-7-5-10(6-8-17)12(15)18/h9-11H,4-8H2,1-3H3,(H2,15,18)(H,16,20)/t9-,11+/m1/s1. The lowest BCUT2D eigenvalue weighted by atomic mass is 9.96. The van der Waals surface area contributed by atoms with Gasteiger partial charge in [0.15, 0.2) is 0 Å². The SMILES string of the molecule is CC[C@@H](C)[C@H](NC(=O)N1CCC(C(N)=O)CC1)C(=O)OC. The summed E-state index contributed by atoms with van der Waals surface area (Å²) in [7, 11) is 1.31. The van der Waals surface area contributed by atoms with Crippen molar-refractivity contribution in [2.24, 2.45) is 17.6 Å². The summed E-state index contributed by atoms with van der Waals surface area (Å²) < 4.78 is 4.74. The van der Waals surface area contributed by atoms with Crippen molar-refractivity contribution in [3.63, 3.8) is 0 Å². The highest BCUT2D eigenvalue weighted by Gasteiger charge is 2.31. The predicted molar refractivity (Wildman–Crippen MR) is 77.3 cm³/mol. The van der Waals surface area contributed by atoms with Gasteiger partial charge in [0.1, 0.15) is 6.04 Å². The minimum absolute atomic E-state index is 0.00967. The Kier molecular flexibility index (Phi) is 6.45. The van der Waals surface area contributed by atoms with Crippen molar-refractivity contribution in [1.82, 2.24) is 10.2 Å². The number of methoxy groups -OCH3 is 1. The van der Waals surface area contributed by atoms with Gasteiger partial charge in [-0.15, -0.1) is 0 Å². The lowest BCUT2D eigenvalue weighted by molar-refractivity contribution is -0.144. The first-order valence-corrected chi connectivity index (χ1v) is 7.33. The molecule has 120 valence electrons. The van der Waals surface area contributed by atoms with Crippen LogP contribution >= 0.6 is 0 Å². The lowest BCUT2D eigenvalue weighted by Crippen LogP contribution is -2.53. The van der Waals surface area contributed by atoms with Crippen LogP contribution in [-0.4, -0.2) is 49.0 Å². The van der Waals surface area contributed by atoms with Crippen molar-refractivity contribution >= 4 is 17.9 Å². The van der Waals surface area contributed by atoms with Gasteiger partial charge in [-0.25, -0.2) is 9.59 Å². The fraction of sp³-hybridized carbons (Fsp3) is 0.786. The van der Waals surface area contributed by atoms with E-state index in [1.165, 1.54) is 7.11 Å².